The molecule has 1 atom stereocenters. The topological polar surface area (TPSA) is 40.6 Å². The number of likely N-dealkylation sites (tertiary alicyclic amines) is 1. The van der Waals surface area contributed by atoms with Gasteiger partial charge in [0, 0.05) is 38.0 Å². The van der Waals surface area contributed by atoms with Crippen molar-refractivity contribution in [3.8, 4) is 10.4 Å². The van der Waals surface area contributed by atoms with E-state index in [1.165, 1.54) is 16.0 Å². The molecule has 1 aliphatic heterocycles. The summed E-state index contributed by atoms with van der Waals surface area (Å²) in [6.45, 7) is 1.32. The SMILES string of the molecule is CN(C)C(=O)[C@@]1(Cc2ccccc2-c2cccs2)CCCN(C(=O)C2CC2)C1. The second kappa shape index (κ2) is 7.70. The summed E-state index contributed by atoms with van der Waals surface area (Å²) in [5, 5.41) is 2.09. The van der Waals surface area contributed by atoms with Crippen molar-refractivity contribution in [2.45, 2.75) is 32.1 Å². The second-order valence-electron chi connectivity index (χ2n) is 8.43. The summed E-state index contributed by atoms with van der Waals surface area (Å²) >= 11 is 1.72. The minimum atomic E-state index is -0.542. The first-order valence-electron chi connectivity index (χ1n) is 10.1. The molecule has 4 rings (SSSR count). The predicted octanol–water partition coefficient (Wildman–Crippen LogP) is 4.06. The lowest BCUT2D eigenvalue weighted by Crippen LogP contribution is -2.54. The molecule has 2 fully saturated rings. The van der Waals surface area contributed by atoms with Crippen molar-refractivity contribution in [3.05, 3.63) is 47.3 Å². The van der Waals surface area contributed by atoms with E-state index in [1.807, 2.05) is 19.0 Å². The first kappa shape index (κ1) is 19.2. The molecule has 1 saturated heterocycles. The largest absolute Gasteiger partial charge is 0.348 e. The Kier molecular flexibility index (Phi) is 5.28. The molecule has 28 heavy (non-hydrogen) atoms. The van der Waals surface area contributed by atoms with Gasteiger partial charge in [-0.2, -0.15) is 0 Å². The third-order valence-corrected chi connectivity index (χ3v) is 6.91. The maximum atomic E-state index is 13.4. The lowest BCUT2D eigenvalue weighted by atomic mass is 9.73. The van der Waals surface area contributed by atoms with Crippen LogP contribution in [0.2, 0.25) is 0 Å². The first-order chi connectivity index (χ1) is 13.5. The molecule has 0 N–H and O–H groups in total. The summed E-state index contributed by atoms with van der Waals surface area (Å²) < 4.78 is 0. The number of piperidine rings is 1. The molecule has 0 bridgehead atoms. The molecular weight excluding hydrogens is 368 g/mol. The van der Waals surface area contributed by atoms with Gasteiger partial charge in [-0.15, -0.1) is 11.3 Å². The molecule has 2 aliphatic rings. The summed E-state index contributed by atoms with van der Waals surface area (Å²) in [5.74, 6) is 0.590. The van der Waals surface area contributed by atoms with Gasteiger partial charge in [0.25, 0.3) is 0 Å². The van der Waals surface area contributed by atoms with Crippen molar-refractivity contribution in [3.63, 3.8) is 0 Å². The molecule has 0 spiro atoms. The van der Waals surface area contributed by atoms with Crippen LogP contribution in [0.1, 0.15) is 31.2 Å². The average Bonchev–Trinajstić information content (AvgIpc) is 3.41. The maximum Gasteiger partial charge on any atom is 0.230 e. The number of carbonyl (C=O) groups excluding carboxylic acids is 2. The van der Waals surface area contributed by atoms with Gasteiger partial charge in [0.1, 0.15) is 0 Å². The van der Waals surface area contributed by atoms with Crippen LogP contribution in [0.25, 0.3) is 10.4 Å². The summed E-state index contributed by atoms with van der Waals surface area (Å²) in [7, 11) is 3.66. The number of benzene rings is 1. The van der Waals surface area contributed by atoms with Crippen LogP contribution in [0.3, 0.4) is 0 Å². The van der Waals surface area contributed by atoms with Gasteiger partial charge in [0.05, 0.1) is 5.41 Å². The average molecular weight is 397 g/mol. The molecule has 1 aliphatic carbocycles. The number of nitrogens with zero attached hydrogens (tertiary/aromatic N) is 2. The minimum absolute atomic E-state index is 0.141. The molecule has 2 heterocycles. The summed E-state index contributed by atoms with van der Waals surface area (Å²) in [4.78, 5) is 31.0. The first-order valence-corrected chi connectivity index (χ1v) is 11.0. The standard InChI is InChI=1S/C23H28N2O2S/c1-24(2)22(27)23(12-6-13-25(16-23)21(26)17-10-11-17)15-18-7-3-4-8-19(18)20-9-5-14-28-20/h3-5,7-9,14,17H,6,10-13,15-16H2,1-2H3/t23-/m1/s1. The van der Waals surface area contributed by atoms with E-state index in [0.29, 0.717) is 13.0 Å². The molecule has 0 unspecified atom stereocenters. The molecule has 1 aromatic carbocycles. The van der Waals surface area contributed by atoms with E-state index in [2.05, 4.69) is 41.8 Å². The van der Waals surface area contributed by atoms with Crippen LogP contribution < -0.4 is 0 Å². The Morgan fingerprint density at radius 3 is 2.64 bits per heavy atom. The highest BCUT2D eigenvalue weighted by Gasteiger charge is 2.46. The van der Waals surface area contributed by atoms with Gasteiger partial charge in [-0.05, 0) is 54.7 Å². The van der Waals surface area contributed by atoms with Crippen LogP contribution in [0.5, 0.6) is 0 Å². The quantitative estimate of drug-likeness (QED) is 0.765. The molecule has 1 aromatic heterocycles. The van der Waals surface area contributed by atoms with Gasteiger partial charge in [-0.1, -0.05) is 30.3 Å². The lowest BCUT2D eigenvalue weighted by molar-refractivity contribution is -0.147. The number of hydrogen-bond donors (Lipinski definition) is 0. The fourth-order valence-electron chi connectivity index (χ4n) is 4.49. The van der Waals surface area contributed by atoms with Gasteiger partial charge in [0.2, 0.25) is 11.8 Å². The van der Waals surface area contributed by atoms with E-state index in [1.54, 1.807) is 16.2 Å². The fourth-order valence-corrected chi connectivity index (χ4v) is 5.28. The van der Waals surface area contributed by atoms with Crippen LogP contribution in [-0.2, 0) is 16.0 Å². The second-order valence-corrected chi connectivity index (χ2v) is 9.38. The molecular formula is C23H28N2O2S. The highest BCUT2D eigenvalue weighted by Crippen LogP contribution is 2.40. The Morgan fingerprint density at radius 2 is 1.96 bits per heavy atom. The molecule has 5 heteroatoms. The fraction of sp³-hybridized carbons (Fsp3) is 0.478. The Labute approximate surface area is 171 Å². The number of amides is 2. The van der Waals surface area contributed by atoms with Crippen molar-refractivity contribution in [1.82, 2.24) is 9.80 Å². The predicted molar refractivity (Wildman–Crippen MR) is 113 cm³/mol. The Balaban J connectivity index is 1.68. The van der Waals surface area contributed by atoms with Gasteiger partial charge < -0.3 is 9.80 Å². The smallest absolute Gasteiger partial charge is 0.230 e. The normalized spacial score (nSPS) is 22.1. The molecule has 4 nitrogen and oxygen atoms in total. The highest BCUT2D eigenvalue weighted by molar-refractivity contribution is 7.13. The van der Waals surface area contributed by atoms with Gasteiger partial charge in [-0.25, -0.2) is 0 Å². The van der Waals surface area contributed by atoms with Crippen molar-refractivity contribution in [1.29, 1.82) is 0 Å². The van der Waals surface area contributed by atoms with E-state index in [0.717, 1.165) is 32.2 Å². The van der Waals surface area contributed by atoms with Gasteiger partial charge in [0.15, 0.2) is 0 Å². The van der Waals surface area contributed by atoms with E-state index in [9.17, 15) is 9.59 Å². The molecule has 148 valence electrons. The summed E-state index contributed by atoms with van der Waals surface area (Å²) in [5.41, 5.74) is 1.86. The Morgan fingerprint density at radius 1 is 1.18 bits per heavy atom. The molecule has 0 radical (unpaired) electrons. The zero-order valence-corrected chi connectivity index (χ0v) is 17.5. The number of thiophene rings is 1. The van der Waals surface area contributed by atoms with Crippen LogP contribution in [0, 0.1) is 11.3 Å². The van der Waals surface area contributed by atoms with E-state index < -0.39 is 5.41 Å². The van der Waals surface area contributed by atoms with Crippen molar-refractivity contribution >= 4 is 23.2 Å². The Hall–Kier alpha value is -2.14. The van der Waals surface area contributed by atoms with Gasteiger partial charge >= 0.3 is 0 Å². The van der Waals surface area contributed by atoms with E-state index in [4.69, 9.17) is 0 Å². The summed E-state index contributed by atoms with van der Waals surface area (Å²) in [6, 6.07) is 12.6. The maximum absolute atomic E-state index is 13.4. The van der Waals surface area contributed by atoms with Crippen LogP contribution in [0.15, 0.2) is 41.8 Å². The Bertz CT molecular complexity index is 857. The zero-order chi connectivity index (χ0) is 19.7. The number of hydrogen-bond acceptors (Lipinski definition) is 3. The monoisotopic (exact) mass is 396 g/mol. The molecule has 1 saturated carbocycles. The van der Waals surface area contributed by atoms with E-state index >= 15 is 0 Å². The van der Waals surface area contributed by atoms with Crippen LogP contribution in [0.4, 0.5) is 0 Å². The number of carbonyl (C=O) groups is 2. The third kappa shape index (κ3) is 3.72. The van der Waals surface area contributed by atoms with Gasteiger partial charge in [-0.3, -0.25) is 9.59 Å². The van der Waals surface area contributed by atoms with Crippen molar-refractivity contribution < 1.29 is 9.59 Å². The molecule has 2 aromatic rings. The van der Waals surface area contributed by atoms with Crippen LogP contribution in [-0.4, -0.2) is 48.8 Å². The number of rotatable bonds is 5. The van der Waals surface area contributed by atoms with Crippen LogP contribution >= 0.6 is 11.3 Å². The molecule has 2 amide bonds. The highest BCUT2D eigenvalue weighted by atomic mass is 32.1. The lowest BCUT2D eigenvalue weighted by Gasteiger charge is -2.43. The minimum Gasteiger partial charge on any atom is -0.348 e. The van der Waals surface area contributed by atoms with Crippen molar-refractivity contribution in [2.75, 3.05) is 27.2 Å². The van der Waals surface area contributed by atoms with E-state index in [-0.39, 0.29) is 17.7 Å². The zero-order valence-electron chi connectivity index (χ0n) is 16.7. The summed E-state index contributed by atoms with van der Waals surface area (Å²) in [6.07, 6.45) is 4.40. The third-order valence-electron chi connectivity index (χ3n) is 6.01. The van der Waals surface area contributed by atoms with Crippen molar-refractivity contribution in [2.24, 2.45) is 11.3 Å².